The number of likely N-dealkylation sites (N-methyl/N-ethyl adjacent to an activating group) is 1. The molecule has 5 heteroatoms. The summed E-state index contributed by atoms with van der Waals surface area (Å²) in [6, 6.07) is 6.96. The second-order valence-corrected chi connectivity index (χ2v) is 5.01. The number of halogens is 1. The Bertz CT molecular complexity index is 449. The standard InChI is InChI=1S/C15H21ClN2O2/c1-4-9-20-10-8-17-15(19)14(18(2)3)12-6-5-7-13(16)11-12/h4-7,11,14H,1,8-10H2,2-3H3,(H,17,19). The minimum atomic E-state index is -0.367. The van der Waals surface area contributed by atoms with Crippen molar-refractivity contribution in [2.75, 3.05) is 33.9 Å². The van der Waals surface area contributed by atoms with Crippen LogP contribution in [0.2, 0.25) is 5.02 Å². The van der Waals surface area contributed by atoms with E-state index < -0.39 is 0 Å². The van der Waals surface area contributed by atoms with Gasteiger partial charge >= 0.3 is 0 Å². The zero-order valence-electron chi connectivity index (χ0n) is 11.9. The van der Waals surface area contributed by atoms with E-state index in [1.54, 1.807) is 18.2 Å². The lowest BCUT2D eigenvalue weighted by Crippen LogP contribution is -2.38. The van der Waals surface area contributed by atoms with Gasteiger partial charge in [-0.25, -0.2) is 0 Å². The molecule has 0 aromatic heterocycles. The number of amides is 1. The highest BCUT2D eigenvalue weighted by atomic mass is 35.5. The molecule has 1 aromatic carbocycles. The first-order valence-electron chi connectivity index (χ1n) is 6.44. The summed E-state index contributed by atoms with van der Waals surface area (Å²) in [5.74, 6) is -0.0699. The number of hydrogen-bond donors (Lipinski definition) is 1. The summed E-state index contributed by atoms with van der Waals surface area (Å²) >= 11 is 5.98. The molecule has 110 valence electrons. The van der Waals surface area contributed by atoms with E-state index in [2.05, 4.69) is 11.9 Å². The minimum Gasteiger partial charge on any atom is -0.376 e. The SMILES string of the molecule is C=CCOCCNC(=O)C(c1cccc(Cl)c1)N(C)C. The number of carbonyl (C=O) groups excluding carboxylic acids is 1. The van der Waals surface area contributed by atoms with E-state index in [1.807, 2.05) is 31.1 Å². The number of nitrogens with zero attached hydrogens (tertiary/aromatic N) is 1. The largest absolute Gasteiger partial charge is 0.376 e. The molecular formula is C15H21ClN2O2. The van der Waals surface area contributed by atoms with Crippen LogP contribution < -0.4 is 5.32 Å². The topological polar surface area (TPSA) is 41.6 Å². The highest BCUT2D eigenvalue weighted by Gasteiger charge is 2.22. The molecule has 0 aliphatic carbocycles. The van der Waals surface area contributed by atoms with Crippen molar-refractivity contribution in [3.05, 3.63) is 47.5 Å². The summed E-state index contributed by atoms with van der Waals surface area (Å²) in [4.78, 5) is 14.1. The molecule has 0 fully saturated rings. The zero-order chi connectivity index (χ0) is 15.0. The minimum absolute atomic E-state index is 0.0699. The highest BCUT2D eigenvalue weighted by Crippen LogP contribution is 2.21. The molecular weight excluding hydrogens is 276 g/mol. The van der Waals surface area contributed by atoms with Crippen molar-refractivity contribution in [2.45, 2.75) is 6.04 Å². The molecule has 0 bridgehead atoms. The van der Waals surface area contributed by atoms with E-state index in [4.69, 9.17) is 16.3 Å². The van der Waals surface area contributed by atoms with Gasteiger partial charge in [-0.05, 0) is 31.8 Å². The summed E-state index contributed by atoms with van der Waals surface area (Å²) in [6.07, 6.45) is 1.68. The summed E-state index contributed by atoms with van der Waals surface area (Å²) < 4.78 is 5.23. The van der Waals surface area contributed by atoms with Crippen molar-refractivity contribution in [3.8, 4) is 0 Å². The Morgan fingerprint density at radius 1 is 1.55 bits per heavy atom. The van der Waals surface area contributed by atoms with Crippen molar-refractivity contribution in [1.82, 2.24) is 10.2 Å². The third kappa shape index (κ3) is 5.33. The van der Waals surface area contributed by atoms with E-state index in [0.29, 0.717) is 24.8 Å². The normalized spacial score (nSPS) is 12.2. The average molecular weight is 297 g/mol. The van der Waals surface area contributed by atoms with Gasteiger partial charge in [0.1, 0.15) is 6.04 Å². The summed E-state index contributed by atoms with van der Waals surface area (Å²) in [7, 11) is 3.72. The van der Waals surface area contributed by atoms with E-state index in [-0.39, 0.29) is 11.9 Å². The average Bonchev–Trinajstić information content (AvgIpc) is 2.38. The molecule has 1 atom stereocenters. The Hall–Kier alpha value is -1.36. The van der Waals surface area contributed by atoms with Crippen LogP contribution in [0.15, 0.2) is 36.9 Å². The van der Waals surface area contributed by atoms with E-state index >= 15 is 0 Å². The number of nitrogens with one attached hydrogen (secondary N) is 1. The van der Waals surface area contributed by atoms with Gasteiger partial charge in [-0.15, -0.1) is 6.58 Å². The molecule has 0 radical (unpaired) electrons. The van der Waals surface area contributed by atoms with Crippen LogP contribution in [0.3, 0.4) is 0 Å². The fraction of sp³-hybridized carbons (Fsp3) is 0.400. The van der Waals surface area contributed by atoms with Crippen molar-refractivity contribution < 1.29 is 9.53 Å². The predicted octanol–water partition coefficient (Wildman–Crippen LogP) is 2.26. The molecule has 1 N–H and O–H groups in total. The van der Waals surface area contributed by atoms with Gasteiger partial charge in [0.2, 0.25) is 5.91 Å². The number of hydrogen-bond acceptors (Lipinski definition) is 3. The highest BCUT2D eigenvalue weighted by molar-refractivity contribution is 6.30. The van der Waals surface area contributed by atoms with Gasteiger partial charge in [0.25, 0.3) is 0 Å². The van der Waals surface area contributed by atoms with E-state index in [1.165, 1.54) is 0 Å². The quantitative estimate of drug-likeness (QED) is 0.591. The Morgan fingerprint density at radius 3 is 2.90 bits per heavy atom. The molecule has 4 nitrogen and oxygen atoms in total. The van der Waals surface area contributed by atoms with Crippen LogP contribution >= 0.6 is 11.6 Å². The maximum atomic E-state index is 12.3. The van der Waals surface area contributed by atoms with Crippen LogP contribution in [0, 0.1) is 0 Å². The van der Waals surface area contributed by atoms with Gasteiger partial charge in [0.05, 0.1) is 13.2 Å². The predicted molar refractivity (Wildman–Crippen MR) is 81.9 cm³/mol. The molecule has 1 unspecified atom stereocenters. The van der Waals surface area contributed by atoms with E-state index in [0.717, 1.165) is 5.56 Å². The Balaban J connectivity index is 2.62. The second-order valence-electron chi connectivity index (χ2n) is 4.58. The fourth-order valence-electron chi connectivity index (χ4n) is 1.87. The van der Waals surface area contributed by atoms with Gasteiger partial charge < -0.3 is 10.1 Å². The molecule has 0 spiro atoms. The molecule has 1 aromatic rings. The zero-order valence-corrected chi connectivity index (χ0v) is 12.7. The molecule has 0 heterocycles. The van der Waals surface area contributed by atoms with Crippen LogP contribution in [0.5, 0.6) is 0 Å². The van der Waals surface area contributed by atoms with Crippen LogP contribution in [-0.2, 0) is 9.53 Å². The molecule has 0 aliphatic heterocycles. The van der Waals surface area contributed by atoms with Crippen molar-refractivity contribution in [2.24, 2.45) is 0 Å². The molecule has 0 saturated heterocycles. The molecule has 0 aliphatic rings. The third-order valence-electron chi connectivity index (χ3n) is 2.71. The number of ether oxygens (including phenoxy) is 1. The summed E-state index contributed by atoms with van der Waals surface area (Å²) in [5.41, 5.74) is 0.868. The first-order valence-corrected chi connectivity index (χ1v) is 6.82. The lowest BCUT2D eigenvalue weighted by molar-refractivity contribution is -0.126. The van der Waals surface area contributed by atoms with Crippen molar-refractivity contribution >= 4 is 17.5 Å². The molecule has 1 amide bonds. The van der Waals surface area contributed by atoms with Gasteiger partial charge in [-0.3, -0.25) is 9.69 Å². The van der Waals surface area contributed by atoms with Crippen LogP contribution in [-0.4, -0.2) is 44.7 Å². The second kappa shape index (κ2) is 8.74. The van der Waals surface area contributed by atoms with Crippen molar-refractivity contribution in [1.29, 1.82) is 0 Å². The van der Waals surface area contributed by atoms with Crippen LogP contribution in [0.1, 0.15) is 11.6 Å². The summed E-state index contributed by atoms with van der Waals surface area (Å²) in [6.45, 7) is 4.98. The van der Waals surface area contributed by atoms with Gasteiger partial charge in [-0.1, -0.05) is 29.8 Å². The van der Waals surface area contributed by atoms with Gasteiger partial charge in [0, 0.05) is 11.6 Å². The Kier molecular flexibility index (Phi) is 7.30. The first-order chi connectivity index (χ1) is 9.56. The lowest BCUT2D eigenvalue weighted by atomic mass is 10.1. The number of rotatable bonds is 8. The number of benzene rings is 1. The first kappa shape index (κ1) is 16.7. The fourth-order valence-corrected chi connectivity index (χ4v) is 2.07. The van der Waals surface area contributed by atoms with Crippen molar-refractivity contribution in [3.63, 3.8) is 0 Å². The van der Waals surface area contributed by atoms with E-state index in [9.17, 15) is 4.79 Å². The Morgan fingerprint density at radius 2 is 2.30 bits per heavy atom. The Labute approximate surface area is 125 Å². The van der Waals surface area contributed by atoms with Crippen LogP contribution in [0.4, 0.5) is 0 Å². The lowest BCUT2D eigenvalue weighted by Gasteiger charge is -2.24. The molecule has 20 heavy (non-hydrogen) atoms. The van der Waals surface area contributed by atoms with Gasteiger partial charge in [0.15, 0.2) is 0 Å². The molecule has 1 rings (SSSR count). The maximum absolute atomic E-state index is 12.3. The summed E-state index contributed by atoms with van der Waals surface area (Å²) in [5, 5.41) is 3.48. The maximum Gasteiger partial charge on any atom is 0.242 e. The van der Waals surface area contributed by atoms with Crippen LogP contribution in [0.25, 0.3) is 0 Å². The third-order valence-corrected chi connectivity index (χ3v) is 2.95. The van der Waals surface area contributed by atoms with Gasteiger partial charge in [-0.2, -0.15) is 0 Å². The monoisotopic (exact) mass is 296 g/mol. The number of carbonyl (C=O) groups is 1. The molecule has 0 saturated carbocycles. The smallest absolute Gasteiger partial charge is 0.242 e.